The van der Waals surface area contributed by atoms with E-state index in [1.165, 1.54) is 5.56 Å². The van der Waals surface area contributed by atoms with Gasteiger partial charge in [-0.3, -0.25) is 14.6 Å². The summed E-state index contributed by atoms with van der Waals surface area (Å²) in [6.07, 6.45) is 0. The van der Waals surface area contributed by atoms with Crippen LogP contribution < -0.4 is 5.32 Å². The van der Waals surface area contributed by atoms with Crippen LogP contribution in [0.25, 0.3) is 11.5 Å². The monoisotopic (exact) mass is 419 g/mol. The van der Waals surface area contributed by atoms with Gasteiger partial charge in [-0.15, -0.1) is 10.2 Å². The van der Waals surface area contributed by atoms with Crippen LogP contribution in [-0.4, -0.2) is 58.6 Å². The number of nitrogens with zero attached hydrogens (tertiary/aromatic N) is 4. The summed E-state index contributed by atoms with van der Waals surface area (Å²) in [5.41, 5.74) is 4.11. The Labute approximate surface area is 183 Å². The van der Waals surface area contributed by atoms with Crippen LogP contribution in [0, 0.1) is 13.8 Å². The molecule has 3 aromatic rings. The fourth-order valence-electron chi connectivity index (χ4n) is 3.80. The number of carbonyl (C=O) groups excluding carboxylic acids is 1. The van der Waals surface area contributed by atoms with Gasteiger partial charge in [0, 0.05) is 37.4 Å². The normalized spacial score (nSPS) is 16.2. The maximum absolute atomic E-state index is 12.4. The quantitative estimate of drug-likeness (QED) is 0.657. The van der Waals surface area contributed by atoms with Crippen molar-refractivity contribution in [1.82, 2.24) is 20.0 Å². The first-order valence-corrected chi connectivity index (χ1v) is 10.7. The number of amides is 1. The van der Waals surface area contributed by atoms with E-state index in [0.717, 1.165) is 43.0 Å². The number of benzene rings is 2. The summed E-state index contributed by atoms with van der Waals surface area (Å²) in [4.78, 5) is 16.9. The van der Waals surface area contributed by atoms with Crippen molar-refractivity contribution < 1.29 is 9.21 Å². The molecular formula is C24H29N5O2. The zero-order valence-electron chi connectivity index (χ0n) is 18.3. The first-order chi connectivity index (χ1) is 15.0. The molecule has 0 saturated carbocycles. The summed E-state index contributed by atoms with van der Waals surface area (Å²) in [5, 5.41) is 11.5. The summed E-state index contributed by atoms with van der Waals surface area (Å²) in [5.74, 6) is 1.20. The zero-order chi connectivity index (χ0) is 21.8. The van der Waals surface area contributed by atoms with Gasteiger partial charge >= 0.3 is 0 Å². The number of aryl methyl sites for hydroxylation is 2. The zero-order valence-corrected chi connectivity index (χ0v) is 18.3. The molecule has 7 nitrogen and oxygen atoms in total. The lowest BCUT2D eigenvalue weighted by molar-refractivity contribution is -0.117. The van der Waals surface area contributed by atoms with Crippen LogP contribution in [0.2, 0.25) is 0 Å². The Morgan fingerprint density at radius 2 is 1.77 bits per heavy atom. The van der Waals surface area contributed by atoms with Crippen LogP contribution in [0.4, 0.5) is 5.69 Å². The molecule has 2 heterocycles. The smallest absolute Gasteiger partial charge is 0.247 e. The van der Waals surface area contributed by atoms with Crippen molar-refractivity contribution in [2.75, 3.05) is 38.0 Å². The van der Waals surface area contributed by atoms with Crippen LogP contribution in [0.3, 0.4) is 0 Å². The second-order valence-corrected chi connectivity index (χ2v) is 8.22. The van der Waals surface area contributed by atoms with Crippen molar-refractivity contribution in [3.63, 3.8) is 0 Å². The van der Waals surface area contributed by atoms with E-state index >= 15 is 0 Å². The van der Waals surface area contributed by atoms with Gasteiger partial charge in [-0.2, -0.15) is 0 Å². The molecule has 1 aliphatic rings. The van der Waals surface area contributed by atoms with Crippen molar-refractivity contribution in [3.05, 3.63) is 65.5 Å². The van der Waals surface area contributed by atoms with Crippen molar-refractivity contribution >= 4 is 11.6 Å². The molecule has 4 rings (SSSR count). The Morgan fingerprint density at radius 3 is 2.48 bits per heavy atom. The fraction of sp³-hybridized carbons (Fsp3) is 0.375. The van der Waals surface area contributed by atoms with Gasteiger partial charge in [-0.25, -0.2) is 0 Å². The third kappa shape index (κ3) is 5.37. The Bertz CT molecular complexity index is 1020. The van der Waals surface area contributed by atoms with E-state index in [9.17, 15) is 4.79 Å². The molecule has 0 radical (unpaired) electrons. The SMILES string of the molecule is Cc1ccc(NC(=O)CN2CCN(C(C)c3nnc(-c4cccc(C)c4)o3)CC2)cc1. The highest BCUT2D eigenvalue weighted by atomic mass is 16.4. The average Bonchev–Trinajstić information content (AvgIpc) is 3.26. The number of piperazine rings is 1. The largest absolute Gasteiger partial charge is 0.419 e. The molecule has 0 spiro atoms. The van der Waals surface area contributed by atoms with Crippen LogP contribution in [0.5, 0.6) is 0 Å². The summed E-state index contributed by atoms with van der Waals surface area (Å²) in [7, 11) is 0. The summed E-state index contributed by atoms with van der Waals surface area (Å²) in [6, 6.07) is 16.0. The average molecular weight is 420 g/mol. The van der Waals surface area contributed by atoms with Gasteiger partial charge in [-0.1, -0.05) is 35.4 Å². The molecule has 1 aliphatic heterocycles. The highest BCUT2D eigenvalue weighted by Crippen LogP contribution is 2.25. The van der Waals surface area contributed by atoms with E-state index in [4.69, 9.17) is 4.42 Å². The molecule has 1 fully saturated rings. The third-order valence-corrected chi connectivity index (χ3v) is 5.72. The molecule has 0 aliphatic carbocycles. The van der Waals surface area contributed by atoms with Crippen molar-refractivity contribution in [2.24, 2.45) is 0 Å². The Morgan fingerprint density at radius 1 is 1.03 bits per heavy atom. The number of rotatable bonds is 6. The van der Waals surface area contributed by atoms with E-state index in [-0.39, 0.29) is 11.9 Å². The number of anilines is 1. The molecule has 0 bridgehead atoms. The standard InChI is InChI=1S/C24H29N5O2/c1-17-7-9-21(10-8-17)25-22(30)16-28-11-13-29(14-12-28)19(3)23-26-27-24(31-23)20-6-4-5-18(2)15-20/h4-10,15,19H,11-14,16H2,1-3H3,(H,25,30). The number of hydrogen-bond acceptors (Lipinski definition) is 6. The summed E-state index contributed by atoms with van der Waals surface area (Å²) < 4.78 is 5.96. The van der Waals surface area contributed by atoms with Gasteiger partial charge in [0.05, 0.1) is 12.6 Å². The van der Waals surface area contributed by atoms with Gasteiger partial charge in [0.2, 0.25) is 17.7 Å². The molecule has 1 N–H and O–H groups in total. The number of carbonyl (C=O) groups is 1. The predicted molar refractivity (Wildman–Crippen MR) is 121 cm³/mol. The van der Waals surface area contributed by atoms with E-state index in [1.54, 1.807) is 0 Å². The maximum atomic E-state index is 12.4. The molecule has 2 aromatic carbocycles. The molecule has 1 saturated heterocycles. The van der Waals surface area contributed by atoms with Crippen LogP contribution in [0.15, 0.2) is 52.9 Å². The van der Waals surface area contributed by atoms with Crippen LogP contribution >= 0.6 is 0 Å². The Balaban J connectivity index is 1.28. The minimum atomic E-state index is 0.0186. The van der Waals surface area contributed by atoms with Gasteiger partial charge in [0.25, 0.3) is 0 Å². The summed E-state index contributed by atoms with van der Waals surface area (Å²) >= 11 is 0. The van der Waals surface area contributed by atoms with Crippen LogP contribution in [-0.2, 0) is 4.79 Å². The lowest BCUT2D eigenvalue weighted by Gasteiger charge is -2.36. The summed E-state index contributed by atoms with van der Waals surface area (Å²) in [6.45, 7) is 9.91. The fourth-order valence-corrected chi connectivity index (χ4v) is 3.80. The Hall–Kier alpha value is -3.03. The van der Waals surface area contributed by atoms with Gasteiger partial charge in [0.1, 0.15) is 0 Å². The molecule has 1 amide bonds. The highest BCUT2D eigenvalue weighted by Gasteiger charge is 2.26. The first-order valence-electron chi connectivity index (χ1n) is 10.7. The second kappa shape index (κ2) is 9.41. The Kier molecular flexibility index (Phi) is 6.44. The molecule has 1 aromatic heterocycles. The van der Waals surface area contributed by atoms with Crippen molar-refractivity contribution in [1.29, 1.82) is 0 Å². The van der Waals surface area contributed by atoms with Gasteiger partial charge in [0.15, 0.2) is 0 Å². The maximum Gasteiger partial charge on any atom is 0.247 e. The lowest BCUT2D eigenvalue weighted by Crippen LogP contribution is -2.49. The van der Waals surface area contributed by atoms with Gasteiger partial charge in [-0.05, 0) is 45.0 Å². The molecule has 1 atom stereocenters. The minimum Gasteiger partial charge on any atom is -0.419 e. The van der Waals surface area contributed by atoms with E-state index in [0.29, 0.717) is 18.3 Å². The van der Waals surface area contributed by atoms with Gasteiger partial charge < -0.3 is 9.73 Å². The van der Waals surface area contributed by atoms with Crippen molar-refractivity contribution in [2.45, 2.75) is 26.8 Å². The third-order valence-electron chi connectivity index (χ3n) is 5.72. The molecular weight excluding hydrogens is 390 g/mol. The number of hydrogen-bond donors (Lipinski definition) is 1. The lowest BCUT2D eigenvalue weighted by atomic mass is 10.1. The minimum absolute atomic E-state index is 0.0186. The first kappa shape index (κ1) is 21.2. The van der Waals surface area contributed by atoms with Crippen LogP contribution in [0.1, 0.15) is 30.0 Å². The number of nitrogens with one attached hydrogen (secondary N) is 1. The molecule has 1 unspecified atom stereocenters. The second-order valence-electron chi connectivity index (χ2n) is 8.22. The molecule has 31 heavy (non-hydrogen) atoms. The predicted octanol–water partition coefficient (Wildman–Crippen LogP) is 3.67. The number of aromatic nitrogens is 2. The highest BCUT2D eigenvalue weighted by molar-refractivity contribution is 5.92. The van der Waals surface area contributed by atoms with E-state index < -0.39 is 0 Å². The molecule has 7 heteroatoms. The van der Waals surface area contributed by atoms with E-state index in [1.807, 2.05) is 62.4 Å². The van der Waals surface area contributed by atoms with E-state index in [2.05, 4.69) is 32.2 Å². The van der Waals surface area contributed by atoms with Crippen molar-refractivity contribution in [3.8, 4) is 11.5 Å². The topological polar surface area (TPSA) is 74.5 Å². The molecule has 162 valence electrons.